The van der Waals surface area contributed by atoms with Crippen molar-refractivity contribution >= 4 is 5.91 Å². The first kappa shape index (κ1) is 20.7. The Bertz CT molecular complexity index is 1230. The van der Waals surface area contributed by atoms with Gasteiger partial charge in [0.25, 0.3) is 5.89 Å². The molecule has 2 aromatic heterocycles. The molecule has 8 heteroatoms. The molecule has 0 unspecified atom stereocenters. The molecular formula is C25H22N4O4. The fourth-order valence-corrected chi connectivity index (χ4v) is 3.61. The van der Waals surface area contributed by atoms with Crippen molar-refractivity contribution in [2.24, 2.45) is 0 Å². The van der Waals surface area contributed by atoms with Crippen molar-refractivity contribution in [2.75, 3.05) is 20.2 Å². The van der Waals surface area contributed by atoms with Gasteiger partial charge in [-0.1, -0.05) is 17.3 Å². The molecule has 1 amide bonds. The van der Waals surface area contributed by atoms with Crippen LogP contribution in [0.15, 0.2) is 77.6 Å². The van der Waals surface area contributed by atoms with Gasteiger partial charge in [-0.15, -0.1) is 0 Å². The fraction of sp³-hybridized carbons (Fsp3) is 0.200. The maximum absolute atomic E-state index is 12.5. The SMILES string of the molecule is COc1cccc(CC(=O)N2CC(Oc3ccc(-c4noc(-c5ccncc5)n4)cc3)C2)c1. The standard InChI is InChI=1S/C25H22N4O4/c1-31-21-4-2-3-17(13-21)14-23(30)29-15-22(16-29)32-20-7-5-18(6-8-20)24-27-25(33-28-24)19-9-11-26-12-10-19/h2-13,22H,14-16H2,1H3. The van der Waals surface area contributed by atoms with Gasteiger partial charge in [0.2, 0.25) is 11.7 Å². The van der Waals surface area contributed by atoms with Gasteiger partial charge in [-0.05, 0) is 54.1 Å². The summed E-state index contributed by atoms with van der Waals surface area (Å²) < 4.78 is 16.6. The molecule has 3 heterocycles. The zero-order chi connectivity index (χ0) is 22.6. The van der Waals surface area contributed by atoms with E-state index in [0.29, 0.717) is 31.2 Å². The molecule has 8 nitrogen and oxygen atoms in total. The molecule has 1 saturated heterocycles. The van der Waals surface area contributed by atoms with Gasteiger partial charge in [-0.25, -0.2) is 0 Å². The summed E-state index contributed by atoms with van der Waals surface area (Å²) in [5, 5.41) is 4.06. The van der Waals surface area contributed by atoms with Crippen LogP contribution in [-0.4, -0.2) is 52.2 Å². The van der Waals surface area contributed by atoms with Crippen LogP contribution in [0, 0.1) is 0 Å². The van der Waals surface area contributed by atoms with Crippen LogP contribution in [0.5, 0.6) is 11.5 Å². The van der Waals surface area contributed by atoms with Gasteiger partial charge < -0.3 is 18.9 Å². The summed E-state index contributed by atoms with van der Waals surface area (Å²) in [6, 6.07) is 18.7. The number of methoxy groups -OCH3 is 1. The highest BCUT2D eigenvalue weighted by atomic mass is 16.5. The number of hydrogen-bond donors (Lipinski definition) is 0. The number of hydrogen-bond acceptors (Lipinski definition) is 7. The second-order valence-corrected chi connectivity index (χ2v) is 7.75. The van der Waals surface area contributed by atoms with E-state index >= 15 is 0 Å². The Morgan fingerprint density at radius 3 is 2.58 bits per heavy atom. The van der Waals surface area contributed by atoms with Crippen molar-refractivity contribution in [3.8, 4) is 34.3 Å². The van der Waals surface area contributed by atoms with E-state index < -0.39 is 0 Å². The van der Waals surface area contributed by atoms with Crippen LogP contribution < -0.4 is 9.47 Å². The van der Waals surface area contributed by atoms with Gasteiger partial charge in [-0.2, -0.15) is 4.98 Å². The van der Waals surface area contributed by atoms with E-state index in [-0.39, 0.29) is 12.0 Å². The lowest BCUT2D eigenvalue weighted by Crippen LogP contribution is -2.56. The smallest absolute Gasteiger partial charge is 0.258 e. The monoisotopic (exact) mass is 442 g/mol. The summed E-state index contributed by atoms with van der Waals surface area (Å²) in [6.45, 7) is 1.15. The number of carbonyl (C=O) groups excluding carboxylic acids is 1. The molecule has 0 N–H and O–H groups in total. The number of aromatic nitrogens is 3. The zero-order valence-electron chi connectivity index (χ0n) is 18.0. The van der Waals surface area contributed by atoms with Crippen molar-refractivity contribution in [1.29, 1.82) is 0 Å². The van der Waals surface area contributed by atoms with Gasteiger partial charge >= 0.3 is 0 Å². The Balaban J connectivity index is 1.14. The molecule has 33 heavy (non-hydrogen) atoms. The average Bonchev–Trinajstić information content (AvgIpc) is 3.32. The van der Waals surface area contributed by atoms with Crippen LogP contribution in [0.25, 0.3) is 22.8 Å². The first-order chi connectivity index (χ1) is 16.2. The molecule has 166 valence electrons. The van der Waals surface area contributed by atoms with E-state index in [0.717, 1.165) is 28.2 Å². The van der Waals surface area contributed by atoms with E-state index in [1.807, 2.05) is 60.7 Å². The van der Waals surface area contributed by atoms with Crippen LogP contribution in [0.1, 0.15) is 5.56 Å². The second-order valence-electron chi connectivity index (χ2n) is 7.75. The fourth-order valence-electron chi connectivity index (χ4n) is 3.61. The Labute approximate surface area is 190 Å². The van der Waals surface area contributed by atoms with Gasteiger partial charge in [0, 0.05) is 23.5 Å². The predicted molar refractivity (Wildman–Crippen MR) is 121 cm³/mol. The van der Waals surface area contributed by atoms with Gasteiger partial charge in [-0.3, -0.25) is 9.78 Å². The van der Waals surface area contributed by atoms with Crippen LogP contribution in [0.2, 0.25) is 0 Å². The van der Waals surface area contributed by atoms with Crippen molar-refractivity contribution in [2.45, 2.75) is 12.5 Å². The van der Waals surface area contributed by atoms with Crippen molar-refractivity contribution in [3.05, 3.63) is 78.6 Å². The van der Waals surface area contributed by atoms with Crippen LogP contribution in [0.4, 0.5) is 0 Å². The lowest BCUT2D eigenvalue weighted by atomic mass is 10.1. The van der Waals surface area contributed by atoms with E-state index in [4.69, 9.17) is 14.0 Å². The number of benzene rings is 2. The molecule has 5 rings (SSSR count). The minimum Gasteiger partial charge on any atom is -0.497 e. The third-order valence-electron chi connectivity index (χ3n) is 5.46. The van der Waals surface area contributed by atoms with E-state index in [1.54, 1.807) is 24.4 Å². The highest BCUT2D eigenvalue weighted by molar-refractivity contribution is 5.79. The maximum Gasteiger partial charge on any atom is 0.258 e. The highest BCUT2D eigenvalue weighted by Crippen LogP contribution is 2.25. The van der Waals surface area contributed by atoms with Gasteiger partial charge in [0.05, 0.1) is 26.6 Å². The molecule has 0 aliphatic carbocycles. The number of pyridine rings is 1. The van der Waals surface area contributed by atoms with E-state index in [1.165, 1.54) is 0 Å². The lowest BCUT2D eigenvalue weighted by Gasteiger charge is -2.39. The Hall–Kier alpha value is -4.20. The van der Waals surface area contributed by atoms with Crippen LogP contribution in [0.3, 0.4) is 0 Å². The van der Waals surface area contributed by atoms with E-state index in [2.05, 4.69) is 15.1 Å². The normalized spacial score (nSPS) is 13.4. The third kappa shape index (κ3) is 4.69. The van der Waals surface area contributed by atoms with Gasteiger partial charge in [0.1, 0.15) is 17.6 Å². The molecule has 1 fully saturated rings. The number of rotatable bonds is 7. The number of ether oxygens (including phenoxy) is 2. The lowest BCUT2D eigenvalue weighted by molar-refractivity contribution is -0.139. The largest absolute Gasteiger partial charge is 0.497 e. The second kappa shape index (κ2) is 9.12. The highest BCUT2D eigenvalue weighted by Gasteiger charge is 2.32. The molecule has 0 atom stereocenters. The minimum atomic E-state index is -0.0198. The molecule has 1 aliphatic rings. The molecule has 2 aromatic carbocycles. The first-order valence-corrected chi connectivity index (χ1v) is 10.6. The summed E-state index contributed by atoms with van der Waals surface area (Å²) in [4.78, 5) is 22.7. The molecule has 0 saturated carbocycles. The molecule has 0 radical (unpaired) electrons. The summed E-state index contributed by atoms with van der Waals surface area (Å²) in [5.74, 6) is 2.53. The molecule has 4 aromatic rings. The molecule has 1 aliphatic heterocycles. The first-order valence-electron chi connectivity index (χ1n) is 10.6. The minimum absolute atomic E-state index is 0.0198. The average molecular weight is 442 g/mol. The Morgan fingerprint density at radius 2 is 1.82 bits per heavy atom. The number of amides is 1. The summed E-state index contributed by atoms with van der Waals surface area (Å²) >= 11 is 0. The zero-order valence-corrected chi connectivity index (χ0v) is 18.0. The van der Waals surface area contributed by atoms with E-state index in [9.17, 15) is 4.79 Å². The van der Waals surface area contributed by atoms with Crippen LogP contribution in [-0.2, 0) is 11.2 Å². The van der Waals surface area contributed by atoms with Gasteiger partial charge in [0.15, 0.2) is 0 Å². The Morgan fingerprint density at radius 1 is 1.03 bits per heavy atom. The van der Waals surface area contributed by atoms with Crippen LogP contribution >= 0.6 is 0 Å². The maximum atomic E-state index is 12.5. The summed E-state index contributed by atoms with van der Waals surface area (Å²) in [6.07, 6.45) is 3.69. The number of likely N-dealkylation sites (tertiary alicyclic amines) is 1. The quantitative estimate of drug-likeness (QED) is 0.432. The third-order valence-corrected chi connectivity index (χ3v) is 5.46. The Kier molecular flexibility index (Phi) is 5.72. The van der Waals surface area contributed by atoms with Crippen molar-refractivity contribution in [3.63, 3.8) is 0 Å². The topological polar surface area (TPSA) is 90.6 Å². The molecular weight excluding hydrogens is 420 g/mol. The summed E-state index contributed by atoms with van der Waals surface area (Å²) in [5.41, 5.74) is 2.59. The molecule has 0 bridgehead atoms. The molecule has 0 spiro atoms. The number of nitrogens with zero attached hydrogens (tertiary/aromatic N) is 4. The summed E-state index contributed by atoms with van der Waals surface area (Å²) in [7, 11) is 1.62. The van der Waals surface area contributed by atoms with Crippen molar-refractivity contribution < 1.29 is 18.8 Å². The van der Waals surface area contributed by atoms with Crippen molar-refractivity contribution in [1.82, 2.24) is 20.0 Å². The predicted octanol–water partition coefficient (Wildman–Crippen LogP) is 3.64. The number of carbonyl (C=O) groups is 1.